The van der Waals surface area contributed by atoms with Crippen molar-refractivity contribution in [3.8, 4) is 0 Å². The van der Waals surface area contributed by atoms with Crippen molar-refractivity contribution in [1.29, 1.82) is 0 Å². The average Bonchev–Trinajstić information content (AvgIpc) is 2.46. The van der Waals surface area contributed by atoms with Crippen molar-refractivity contribution >= 4 is 0 Å². The molecule has 2 aliphatic heterocycles. The van der Waals surface area contributed by atoms with Gasteiger partial charge >= 0.3 is 0 Å². The predicted molar refractivity (Wildman–Crippen MR) is 74.3 cm³/mol. The van der Waals surface area contributed by atoms with Crippen molar-refractivity contribution in [2.45, 2.75) is 44.4 Å². The second-order valence-corrected chi connectivity index (χ2v) is 6.01. The summed E-state index contributed by atoms with van der Waals surface area (Å²) in [5, 5.41) is 13.2. The fourth-order valence-electron chi connectivity index (χ4n) is 2.82. The quantitative estimate of drug-likeness (QED) is 0.750. The van der Waals surface area contributed by atoms with Gasteiger partial charge in [0.2, 0.25) is 0 Å². The van der Waals surface area contributed by atoms with Gasteiger partial charge < -0.3 is 19.9 Å². The molecule has 2 N–H and O–H groups in total. The first-order valence-corrected chi connectivity index (χ1v) is 7.44. The van der Waals surface area contributed by atoms with Crippen molar-refractivity contribution in [3.05, 3.63) is 0 Å². The molecule has 2 heterocycles. The highest BCUT2D eigenvalue weighted by Gasteiger charge is 2.33. The number of nitrogens with zero attached hydrogens (tertiary/aromatic N) is 1. The number of hydrogen-bond acceptors (Lipinski definition) is 5. The molecule has 0 aromatic carbocycles. The molecule has 2 aliphatic rings. The number of rotatable bonds is 5. The SMILES string of the molecule is CC(C)N1CCOC(CNC2(CO)CCOCC2)C1. The number of aliphatic hydroxyl groups is 1. The third kappa shape index (κ3) is 4.13. The molecule has 0 amide bonds. The molecule has 19 heavy (non-hydrogen) atoms. The summed E-state index contributed by atoms with van der Waals surface area (Å²) in [6.45, 7) is 9.71. The van der Waals surface area contributed by atoms with Gasteiger partial charge in [0.1, 0.15) is 0 Å². The fraction of sp³-hybridized carbons (Fsp3) is 1.00. The molecule has 0 spiro atoms. The van der Waals surface area contributed by atoms with Crippen molar-refractivity contribution in [2.24, 2.45) is 0 Å². The Morgan fingerprint density at radius 2 is 2.05 bits per heavy atom. The van der Waals surface area contributed by atoms with E-state index in [2.05, 4.69) is 24.1 Å². The molecule has 5 heteroatoms. The minimum Gasteiger partial charge on any atom is -0.394 e. The van der Waals surface area contributed by atoms with Gasteiger partial charge in [0.05, 0.1) is 19.3 Å². The third-order valence-electron chi connectivity index (χ3n) is 4.36. The Kier molecular flexibility index (Phi) is 5.59. The molecule has 2 rings (SSSR count). The number of aliphatic hydroxyl groups excluding tert-OH is 1. The number of nitrogens with one attached hydrogen (secondary N) is 1. The van der Waals surface area contributed by atoms with E-state index in [1.807, 2.05) is 0 Å². The Labute approximate surface area is 116 Å². The molecule has 0 saturated carbocycles. The molecule has 2 fully saturated rings. The predicted octanol–water partition coefficient (Wildman–Crippen LogP) is 0.227. The topological polar surface area (TPSA) is 54.0 Å². The van der Waals surface area contributed by atoms with E-state index in [1.165, 1.54) is 0 Å². The average molecular weight is 272 g/mol. The highest BCUT2D eigenvalue weighted by Crippen LogP contribution is 2.20. The van der Waals surface area contributed by atoms with Crippen LogP contribution in [-0.2, 0) is 9.47 Å². The van der Waals surface area contributed by atoms with Crippen molar-refractivity contribution < 1.29 is 14.6 Å². The van der Waals surface area contributed by atoms with Gasteiger partial charge in [-0.25, -0.2) is 0 Å². The van der Waals surface area contributed by atoms with Crippen LogP contribution in [0.15, 0.2) is 0 Å². The molecule has 2 saturated heterocycles. The van der Waals surface area contributed by atoms with E-state index in [4.69, 9.17) is 9.47 Å². The summed E-state index contributed by atoms with van der Waals surface area (Å²) >= 11 is 0. The van der Waals surface area contributed by atoms with E-state index < -0.39 is 0 Å². The summed E-state index contributed by atoms with van der Waals surface area (Å²) in [5.74, 6) is 0. The van der Waals surface area contributed by atoms with E-state index in [0.29, 0.717) is 6.04 Å². The summed E-state index contributed by atoms with van der Waals surface area (Å²) in [6, 6.07) is 0.571. The van der Waals surface area contributed by atoms with Gasteiger partial charge in [-0.2, -0.15) is 0 Å². The van der Waals surface area contributed by atoms with Gasteiger partial charge in [-0.1, -0.05) is 0 Å². The molecular formula is C14H28N2O3. The second kappa shape index (κ2) is 6.99. The molecular weight excluding hydrogens is 244 g/mol. The van der Waals surface area contributed by atoms with Crippen LogP contribution < -0.4 is 5.32 Å². The van der Waals surface area contributed by atoms with Crippen molar-refractivity contribution in [2.75, 3.05) is 46.1 Å². The van der Waals surface area contributed by atoms with Gasteiger partial charge in [-0.3, -0.25) is 4.90 Å². The lowest BCUT2D eigenvalue weighted by Gasteiger charge is -2.40. The van der Waals surface area contributed by atoms with Crippen molar-refractivity contribution in [3.63, 3.8) is 0 Å². The summed E-state index contributed by atoms with van der Waals surface area (Å²) in [5.41, 5.74) is -0.165. The van der Waals surface area contributed by atoms with Crippen LogP contribution >= 0.6 is 0 Å². The summed E-state index contributed by atoms with van der Waals surface area (Å²) in [7, 11) is 0. The van der Waals surface area contributed by atoms with Crippen LogP contribution in [0.5, 0.6) is 0 Å². The number of morpholine rings is 1. The minimum absolute atomic E-state index is 0.165. The highest BCUT2D eigenvalue weighted by atomic mass is 16.5. The van der Waals surface area contributed by atoms with E-state index in [9.17, 15) is 5.11 Å². The van der Waals surface area contributed by atoms with Gasteiger partial charge in [0.25, 0.3) is 0 Å². The van der Waals surface area contributed by atoms with Crippen LogP contribution in [0.1, 0.15) is 26.7 Å². The monoisotopic (exact) mass is 272 g/mol. The van der Waals surface area contributed by atoms with Gasteiger partial charge in [0.15, 0.2) is 0 Å². The Balaban J connectivity index is 1.80. The van der Waals surface area contributed by atoms with Crippen LogP contribution in [-0.4, -0.2) is 73.8 Å². The standard InChI is InChI=1S/C14H28N2O3/c1-12(2)16-5-8-19-13(10-16)9-15-14(11-17)3-6-18-7-4-14/h12-13,15,17H,3-11H2,1-2H3. The first-order valence-electron chi connectivity index (χ1n) is 7.44. The Hall–Kier alpha value is -0.200. The number of ether oxygens (including phenoxy) is 2. The lowest BCUT2D eigenvalue weighted by atomic mass is 9.91. The smallest absolute Gasteiger partial charge is 0.0827 e. The second-order valence-electron chi connectivity index (χ2n) is 6.01. The van der Waals surface area contributed by atoms with E-state index in [0.717, 1.165) is 52.3 Å². The van der Waals surface area contributed by atoms with E-state index in [-0.39, 0.29) is 18.2 Å². The lowest BCUT2D eigenvalue weighted by molar-refractivity contribution is -0.0484. The molecule has 1 atom stereocenters. The summed E-state index contributed by atoms with van der Waals surface area (Å²) in [6.07, 6.45) is 1.98. The molecule has 5 nitrogen and oxygen atoms in total. The van der Waals surface area contributed by atoms with Crippen LogP contribution in [0.2, 0.25) is 0 Å². The maximum absolute atomic E-state index is 9.64. The van der Waals surface area contributed by atoms with E-state index in [1.54, 1.807) is 0 Å². The Bertz CT molecular complexity index is 267. The van der Waals surface area contributed by atoms with Crippen LogP contribution in [0.25, 0.3) is 0 Å². The van der Waals surface area contributed by atoms with Gasteiger partial charge in [-0.15, -0.1) is 0 Å². The molecule has 0 radical (unpaired) electrons. The van der Waals surface area contributed by atoms with Crippen molar-refractivity contribution in [1.82, 2.24) is 10.2 Å². The zero-order valence-corrected chi connectivity index (χ0v) is 12.2. The molecule has 1 unspecified atom stereocenters. The van der Waals surface area contributed by atoms with E-state index >= 15 is 0 Å². The molecule has 112 valence electrons. The first-order chi connectivity index (χ1) is 9.15. The molecule has 0 aliphatic carbocycles. The summed E-state index contributed by atoms with van der Waals surface area (Å²) < 4.78 is 11.2. The maximum atomic E-state index is 9.64. The normalized spacial score (nSPS) is 28.7. The zero-order valence-electron chi connectivity index (χ0n) is 12.2. The fourth-order valence-corrected chi connectivity index (χ4v) is 2.82. The van der Waals surface area contributed by atoms with Crippen LogP contribution in [0.4, 0.5) is 0 Å². The zero-order chi connectivity index (χ0) is 13.7. The highest BCUT2D eigenvalue weighted by molar-refractivity contribution is 4.91. The largest absolute Gasteiger partial charge is 0.394 e. The van der Waals surface area contributed by atoms with Crippen LogP contribution in [0.3, 0.4) is 0 Å². The van der Waals surface area contributed by atoms with Crippen LogP contribution in [0, 0.1) is 0 Å². The Morgan fingerprint density at radius 1 is 1.32 bits per heavy atom. The van der Waals surface area contributed by atoms with Gasteiger partial charge in [-0.05, 0) is 26.7 Å². The summed E-state index contributed by atoms with van der Waals surface area (Å²) in [4.78, 5) is 2.45. The third-order valence-corrected chi connectivity index (χ3v) is 4.36. The first kappa shape index (κ1) is 15.2. The molecule has 0 aromatic rings. The van der Waals surface area contributed by atoms with Gasteiger partial charge in [0, 0.05) is 44.4 Å². The molecule has 0 aromatic heterocycles. The maximum Gasteiger partial charge on any atom is 0.0827 e. The number of hydrogen-bond donors (Lipinski definition) is 2. The molecule has 0 bridgehead atoms. The Morgan fingerprint density at radius 3 is 2.68 bits per heavy atom. The lowest BCUT2D eigenvalue weighted by Crippen LogP contribution is -2.57. The minimum atomic E-state index is -0.165.